The van der Waals surface area contributed by atoms with Gasteiger partial charge in [-0.3, -0.25) is 4.57 Å². The molecule has 0 aliphatic heterocycles. The van der Waals surface area contributed by atoms with E-state index >= 15 is 0 Å². The predicted molar refractivity (Wildman–Crippen MR) is 78.3 cm³/mol. The van der Waals surface area contributed by atoms with E-state index in [1.54, 1.807) is 6.20 Å². The molecule has 19 heavy (non-hydrogen) atoms. The number of imidazole rings is 1. The molecule has 0 bridgehead atoms. The van der Waals surface area contributed by atoms with Gasteiger partial charge < -0.3 is 5.32 Å². The summed E-state index contributed by atoms with van der Waals surface area (Å²) in [7, 11) is 0. The van der Waals surface area contributed by atoms with Gasteiger partial charge in [0, 0.05) is 28.8 Å². The number of nitrogens with zero attached hydrogens (tertiary/aromatic N) is 2. The first kappa shape index (κ1) is 11.8. The van der Waals surface area contributed by atoms with Crippen LogP contribution in [0, 0.1) is 0 Å². The van der Waals surface area contributed by atoms with Crippen molar-refractivity contribution in [1.29, 1.82) is 0 Å². The average molecular weight is 270 g/mol. The molecule has 0 aliphatic carbocycles. The first-order valence-electron chi connectivity index (χ1n) is 5.94. The topological polar surface area (TPSA) is 29.9 Å². The number of rotatable bonds is 3. The number of nitrogens with one attached hydrogen (secondary N) is 1. The third kappa shape index (κ3) is 2.61. The Labute approximate surface area is 116 Å². The van der Waals surface area contributed by atoms with E-state index in [9.17, 15) is 0 Å². The van der Waals surface area contributed by atoms with Crippen LogP contribution in [-0.4, -0.2) is 9.55 Å². The van der Waals surface area contributed by atoms with Crippen LogP contribution in [0.3, 0.4) is 0 Å². The number of hydrogen-bond donors (Lipinski definition) is 1. The van der Waals surface area contributed by atoms with E-state index in [4.69, 9.17) is 11.6 Å². The maximum absolute atomic E-state index is 5.87. The average Bonchev–Trinajstić information content (AvgIpc) is 2.90. The lowest BCUT2D eigenvalue weighted by atomic mass is 10.3. The van der Waals surface area contributed by atoms with E-state index in [1.807, 2.05) is 65.4 Å². The van der Waals surface area contributed by atoms with Crippen molar-refractivity contribution in [3.8, 4) is 5.69 Å². The molecular formula is C15H12ClN3. The molecule has 1 aromatic heterocycles. The zero-order valence-electron chi connectivity index (χ0n) is 10.1. The van der Waals surface area contributed by atoms with Gasteiger partial charge in [0.25, 0.3) is 0 Å². The second-order valence-electron chi connectivity index (χ2n) is 4.09. The van der Waals surface area contributed by atoms with Gasteiger partial charge in [-0.2, -0.15) is 0 Å². The Balaban J connectivity index is 1.91. The molecule has 4 heteroatoms. The van der Waals surface area contributed by atoms with Crippen LogP contribution in [0.5, 0.6) is 0 Å². The standard InChI is InChI=1S/C15H12ClN3/c16-12-6-8-13(9-7-12)18-15-17-10-11-19(15)14-4-2-1-3-5-14/h1-11H,(H,17,18). The number of para-hydroxylation sites is 1. The molecule has 0 spiro atoms. The Bertz CT molecular complexity index is 659. The van der Waals surface area contributed by atoms with Crippen LogP contribution < -0.4 is 5.32 Å². The van der Waals surface area contributed by atoms with Crippen LogP contribution in [0.25, 0.3) is 5.69 Å². The quantitative estimate of drug-likeness (QED) is 0.769. The highest BCUT2D eigenvalue weighted by atomic mass is 35.5. The van der Waals surface area contributed by atoms with Crippen LogP contribution >= 0.6 is 11.6 Å². The Kier molecular flexibility index (Phi) is 3.21. The SMILES string of the molecule is Clc1ccc(Nc2nccn2-c2ccccc2)cc1. The van der Waals surface area contributed by atoms with E-state index in [0.717, 1.165) is 22.3 Å². The Morgan fingerprint density at radius 3 is 2.42 bits per heavy atom. The smallest absolute Gasteiger partial charge is 0.212 e. The molecule has 3 nitrogen and oxygen atoms in total. The van der Waals surface area contributed by atoms with Crippen LogP contribution in [0.2, 0.25) is 5.02 Å². The minimum Gasteiger partial charge on any atom is -0.325 e. The summed E-state index contributed by atoms with van der Waals surface area (Å²) < 4.78 is 1.99. The summed E-state index contributed by atoms with van der Waals surface area (Å²) in [6.07, 6.45) is 3.69. The highest BCUT2D eigenvalue weighted by molar-refractivity contribution is 6.30. The van der Waals surface area contributed by atoms with E-state index in [2.05, 4.69) is 10.3 Å². The molecule has 1 N–H and O–H groups in total. The second-order valence-corrected chi connectivity index (χ2v) is 4.52. The largest absolute Gasteiger partial charge is 0.325 e. The molecular weight excluding hydrogens is 258 g/mol. The Morgan fingerprint density at radius 2 is 1.68 bits per heavy atom. The van der Waals surface area contributed by atoms with Crippen molar-refractivity contribution in [2.75, 3.05) is 5.32 Å². The van der Waals surface area contributed by atoms with Crippen molar-refractivity contribution in [1.82, 2.24) is 9.55 Å². The molecule has 0 radical (unpaired) electrons. The lowest BCUT2D eigenvalue weighted by Gasteiger charge is -2.09. The molecule has 0 saturated heterocycles. The van der Waals surface area contributed by atoms with Crippen LogP contribution in [0.1, 0.15) is 0 Å². The number of aromatic nitrogens is 2. The lowest BCUT2D eigenvalue weighted by molar-refractivity contribution is 1.06. The van der Waals surface area contributed by atoms with Crippen molar-refractivity contribution in [2.24, 2.45) is 0 Å². The van der Waals surface area contributed by atoms with Gasteiger partial charge in [-0.25, -0.2) is 4.98 Å². The number of anilines is 2. The van der Waals surface area contributed by atoms with Crippen LogP contribution in [0.4, 0.5) is 11.6 Å². The molecule has 0 aliphatic rings. The molecule has 0 atom stereocenters. The summed E-state index contributed by atoms with van der Waals surface area (Å²) in [5.74, 6) is 0.772. The molecule has 1 heterocycles. The molecule has 0 fully saturated rings. The van der Waals surface area contributed by atoms with Gasteiger partial charge in [0.1, 0.15) is 0 Å². The van der Waals surface area contributed by atoms with Crippen LogP contribution in [-0.2, 0) is 0 Å². The molecule has 94 valence electrons. The highest BCUT2D eigenvalue weighted by Gasteiger charge is 2.04. The van der Waals surface area contributed by atoms with Gasteiger partial charge in [-0.15, -0.1) is 0 Å². The minimum absolute atomic E-state index is 0.719. The summed E-state index contributed by atoms with van der Waals surface area (Å²) in [5.41, 5.74) is 2.02. The van der Waals surface area contributed by atoms with Crippen molar-refractivity contribution >= 4 is 23.2 Å². The van der Waals surface area contributed by atoms with Crippen molar-refractivity contribution in [3.63, 3.8) is 0 Å². The third-order valence-electron chi connectivity index (χ3n) is 2.78. The second kappa shape index (κ2) is 5.16. The van der Waals surface area contributed by atoms with Gasteiger partial charge in [0.15, 0.2) is 0 Å². The fourth-order valence-electron chi connectivity index (χ4n) is 1.86. The fourth-order valence-corrected chi connectivity index (χ4v) is 1.98. The van der Waals surface area contributed by atoms with E-state index in [-0.39, 0.29) is 0 Å². The van der Waals surface area contributed by atoms with Crippen molar-refractivity contribution in [2.45, 2.75) is 0 Å². The van der Waals surface area contributed by atoms with Gasteiger partial charge in [0.2, 0.25) is 5.95 Å². The number of benzene rings is 2. The van der Waals surface area contributed by atoms with E-state index in [0.29, 0.717) is 0 Å². The predicted octanol–water partition coefficient (Wildman–Crippen LogP) is 4.27. The van der Waals surface area contributed by atoms with Crippen LogP contribution in [0.15, 0.2) is 67.0 Å². The van der Waals surface area contributed by atoms with E-state index in [1.165, 1.54) is 0 Å². The minimum atomic E-state index is 0.719. The normalized spacial score (nSPS) is 10.4. The third-order valence-corrected chi connectivity index (χ3v) is 3.03. The molecule has 0 unspecified atom stereocenters. The van der Waals surface area contributed by atoms with Gasteiger partial charge in [-0.05, 0) is 36.4 Å². The Hall–Kier alpha value is -2.26. The van der Waals surface area contributed by atoms with Crippen molar-refractivity contribution < 1.29 is 0 Å². The summed E-state index contributed by atoms with van der Waals surface area (Å²) in [6, 6.07) is 17.6. The molecule has 0 amide bonds. The molecule has 0 saturated carbocycles. The summed E-state index contributed by atoms with van der Waals surface area (Å²) >= 11 is 5.87. The summed E-state index contributed by atoms with van der Waals surface area (Å²) in [5, 5.41) is 3.99. The maximum atomic E-state index is 5.87. The van der Waals surface area contributed by atoms with Gasteiger partial charge in [0.05, 0.1) is 0 Å². The zero-order valence-corrected chi connectivity index (χ0v) is 10.9. The molecule has 2 aromatic carbocycles. The lowest BCUT2D eigenvalue weighted by Crippen LogP contribution is -2.00. The first-order valence-corrected chi connectivity index (χ1v) is 6.32. The summed E-state index contributed by atoms with van der Waals surface area (Å²) in [4.78, 5) is 4.33. The molecule has 3 aromatic rings. The van der Waals surface area contributed by atoms with E-state index < -0.39 is 0 Å². The van der Waals surface area contributed by atoms with Crippen molar-refractivity contribution in [3.05, 3.63) is 72.0 Å². The summed E-state index contributed by atoms with van der Waals surface area (Å²) in [6.45, 7) is 0. The van der Waals surface area contributed by atoms with Gasteiger partial charge in [-0.1, -0.05) is 29.8 Å². The number of hydrogen-bond acceptors (Lipinski definition) is 2. The fraction of sp³-hybridized carbons (Fsp3) is 0. The first-order chi connectivity index (χ1) is 9.33. The molecule has 3 rings (SSSR count). The maximum Gasteiger partial charge on any atom is 0.212 e. The Morgan fingerprint density at radius 1 is 0.947 bits per heavy atom. The van der Waals surface area contributed by atoms with Gasteiger partial charge >= 0.3 is 0 Å². The monoisotopic (exact) mass is 269 g/mol. The number of halogens is 1. The zero-order chi connectivity index (χ0) is 13.1. The highest BCUT2D eigenvalue weighted by Crippen LogP contribution is 2.20.